The van der Waals surface area contributed by atoms with Crippen LogP contribution >= 0.6 is 0 Å². The van der Waals surface area contributed by atoms with Crippen LogP contribution in [0.4, 0.5) is 0 Å². The first kappa shape index (κ1) is 55.6. The molecule has 0 aromatic heterocycles. The van der Waals surface area contributed by atoms with Gasteiger partial charge in [0.25, 0.3) is 0 Å². The van der Waals surface area contributed by atoms with E-state index in [1.807, 2.05) is 0 Å². The average Bonchev–Trinajstić information content (AvgIpc) is 3.22. The number of hydrogen-bond donors (Lipinski definition) is 0. The quantitative estimate of drug-likeness (QED) is 0.0264. The number of carbonyl (C=O) groups is 3. The Morgan fingerprint density at radius 2 is 0.672 bits per heavy atom. The molecule has 0 amide bonds. The second-order valence-corrected chi connectivity index (χ2v) is 16.7. The van der Waals surface area contributed by atoms with Gasteiger partial charge in [-0.1, -0.05) is 224 Å². The molecular weight excluding hydrogens is 721 g/mol. The van der Waals surface area contributed by atoms with E-state index >= 15 is 0 Å². The summed E-state index contributed by atoms with van der Waals surface area (Å²) in [6.07, 6.45) is 54.1. The second kappa shape index (κ2) is 47.3. The van der Waals surface area contributed by atoms with Gasteiger partial charge < -0.3 is 14.2 Å². The van der Waals surface area contributed by atoms with E-state index in [2.05, 4.69) is 57.2 Å². The number of unbranched alkanes of at least 4 members (excludes halogenated alkanes) is 28. The molecule has 0 fully saturated rings. The van der Waals surface area contributed by atoms with E-state index in [1.54, 1.807) is 0 Å². The monoisotopic (exact) mass is 815 g/mol. The maximum Gasteiger partial charge on any atom is 0.306 e. The molecule has 0 heterocycles. The third kappa shape index (κ3) is 44.7. The zero-order valence-electron chi connectivity index (χ0n) is 38.6. The molecule has 0 spiro atoms. The molecule has 0 aromatic rings. The van der Waals surface area contributed by atoms with Gasteiger partial charge in [-0.2, -0.15) is 0 Å². The molecule has 1 unspecified atom stereocenters. The van der Waals surface area contributed by atoms with Gasteiger partial charge in [-0.25, -0.2) is 0 Å². The summed E-state index contributed by atoms with van der Waals surface area (Å²) in [5.41, 5.74) is 0. The Labute approximate surface area is 359 Å². The largest absolute Gasteiger partial charge is 0.462 e. The van der Waals surface area contributed by atoms with Gasteiger partial charge in [0.15, 0.2) is 6.10 Å². The fraction of sp³-hybridized carbons (Fsp3) is 0.827. The van der Waals surface area contributed by atoms with Crippen LogP contribution in [0.15, 0.2) is 36.5 Å². The molecule has 0 rings (SSSR count). The Morgan fingerprint density at radius 3 is 1.05 bits per heavy atom. The lowest BCUT2D eigenvalue weighted by Crippen LogP contribution is -2.30. The lowest BCUT2D eigenvalue weighted by Gasteiger charge is -2.18. The Hall–Kier alpha value is -2.37. The first-order valence-electron chi connectivity index (χ1n) is 25.0. The van der Waals surface area contributed by atoms with E-state index in [-0.39, 0.29) is 31.1 Å². The Balaban J connectivity index is 4.33. The lowest BCUT2D eigenvalue weighted by atomic mass is 10.0. The van der Waals surface area contributed by atoms with Gasteiger partial charge >= 0.3 is 17.9 Å². The normalized spacial score (nSPS) is 12.3. The minimum absolute atomic E-state index is 0.0713. The van der Waals surface area contributed by atoms with Crippen LogP contribution in [0.1, 0.15) is 258 Å². The van der Waals surface area contributed by atoms with Gasteiger partial charge in [0, 0.05) is 19.3 Å². The fourth-order valence-corrected chi connectivity index (χ4v) is 7.16. The first-order chi connectivity index (χ1) is 28.5. The summed E-state index contributed by atoms with van der Waals surface area (Å²) < 4.78 is 16.8. The highest BCUT2D eigenvalue weighted by Gasteiger charge is 2.19. The van der Waals surface area contributed by atoms with Crippen LogP contribution in [-0.2, 0) is 28.6 Å². The summed E-state index contributed by atoms with van der Waals surface area (Å²) in [4.78, 5) is 37.9. The molecule has 1 atom stereocenters. The number of ether oxygens (including phenoxy) is 3. The summed E-state index contributed by atoms with van der Waals surface area (Å²) in [5.74, 6) is -0.873. The van der Waals surface area contributed by atoms with Crippen LogP contribution in [0.5, 0.6) is 0 Å². The molecule has 0 saturated heterocycles. The molecule has 0 saturated carbocycles. The van der Waals surface area contributed by atoms with E-state index < -0.39 is 6.10 Å². The molecule has 0 aromatic carbocycles. The molecule has 0 radical (unpaired) electrons. The number of hydrogen-bond acceptors (Lipinski definition) is 6. The van der Waals surface area contributed by atoms with Crippen molar-refractivity contribution in [3.63, 3.8) is 0 Å². The van der Waals surface area contributed by atoms with E-state index in [9.17, 15) is 14.4 Å². The van der Waals surface area contributed by atoms with Crippen LogP contribution in [0.2, 0.25) is 0 Å². The highest BCUT2D eigenvalue weighted by atomic mass is 16.6. The molecule has 0 N–H and O–H groups in total. The fourth-order valence-electron chi connectivity index (χ4n) is 7.16. The second-order valence-electron chi connectivity index (χ2n) is 16.7. The molecule has 58 heavy (non-hydrogen) atoms. The van der Waals surface area contributed by atoms with Crippen LogP contribution in [-0.4, -0.2) is 37.2 Å². The van der Waals surface area contributed by atoms with Crippen molar-refractivity contribution in [3.8, 4) is 0 Å². The summed E-state index contributed by atoms with van der Waals surface area (Å²) in [5, 5.41) is 0. The van der Waals surface area contributed by atoms with Crippen LogP contribution in [0, 0.1) is 0 Å². The number of rotatable bonds is 45. The summed E-state index contributed by atoms with van der Waals surface area (Å²) in [6.45, 7) is 6.52. The van der Waals surface area contributed by atoms with E-state index in [4.69, 9.17) is 14.2 Å². The van der Waals surface area contributed by atoms with Crippen molar-refractivity contribution < 1.29 is 28.6 Å². The number of allylic oxidation sites excluding steroid dienone is 6. The van der Waals surface area contributed by atoms with Crippen molar-refractivity contribution in [2.24, 2.45) is 0 Å². The zero-order valence-corrected chi connectivity index (χ0v) is 38.6. The zero-order chi connectivity index (χ0) is 42.3. The summed E-state index contributed by atoms with van der Waals surface area (Å²) in [6, 6.07) is 0. The van der Waals surface area contributed by atoms with Gasteiger partial charge in [0.1, 0.15) is 13.2 Å². The summed E-state index contributed by atoms with van der Waals surface area (Å²) in [7, 11) is 0. The highest BCUT2D eigenvalue weighted by Crippen LogP contribution is 2.15. The molecule has 6 heteroatoms. The lowest BCUT2D eigenvalue weighted by molar-refractivity contribution is -0.167. The standard InChI is InChI=1S/C52H94O6/c1-4-7-10-13-16-19-22-24-25-26-27-28-31-33-36-39-42-45-51(54)57-48-49(47-56-50(53)44-41-38-35-32-29-21-18-15-12-9-6-3)58-52(55)46-43-40-37-34-30-23-20-17-14-11-8-5-2/h7,10,16,19,24-25,49H,4-6,8-9,11-15,17-18,20-23,26-48H2,1-3H3/b10-7-,19-16-,25-24-. The first-order valence-corrected chi connectivity index (χ1v) is 25.0. The predicted molar refractivity (Wildman–Crippen MR) is 247 cm³/mol. The van der Waals surface area contributed by atoms with Gasteiger partial charge in [-0.15, -0.1) is 0 Å². The third-order valence-corrected chi connectivity index (χ3v) is 10.9. The smallest absolute Gasteiger partial charge is 0.306 e. The van der Waals surface area contributed by atoms with E-state index in [1.165, 1.54) is 135 Å². The van der Waals surface area contributed by atoms with Crippen molar-refractivity contribution in [2.45, 2.75) is 264 Å². The van der Waals surface area contributed by atoms with E-state index in [0.717, 1.165) is 83.5 Å². The topological polar surface area (TPSA) is 78.9 Å². The van der Waals surface area contributed by atoms with Crippen LogP contribution in [0.3, 0.4) is 0 Å². The van der Waals surface area contributed by atoms with Crippen LogP contribution in [0.25, 0.3) is 0 Å². The predicted octanol–water partition coefficient (Wildman–Crippen LogP) is 16.1. The number of carbonyl (C=O) groups excluding carboxylic acids is 3. The SMILES string of the molecule is CC/C=C\C/C=C\C/C=C\CCCCCCCCCC(=O)OCC(COC(=O)CCCCCCCCCCCCC)OC(=O)CCCCCCCCCCCCCC. The Morgan fingerprint density at radius 1 is 0.362 bits per heavy atom. The van der Waals surface area contributed by atoms with Gasteiger partial charge in [0.05, 0.1) is 0 Å². The third-order valence-electron chi connectivity index (χ3n) is 10.9. The van der Waals surface area contributed by atoms with Crippen molar-refractivity contribution in [2.75, 3.05) is 13.2 Å². The molecule has 0 aliphatic rings. The molecule has 0 aliphatic heterocycles. The minimum Gasteiger partial charge on any atom is -0.462 e. The molecule has 6 nitrogen and oxygen atoms in total. The van der Waals surface area contributed by atoms with Crippen molar-refractivity contribution in [1.82, 2.24) is 0 Å². The van der Waals surface area contributed by atoms with Crippen molar-refractivity contribution in [3.05, 3.63) is 36.5 Å². The van der Waals surface area contributed by atoms with Crippen LogP contribution < -0.4 is 0 Å². The van der Waals surface area contributed by atoms with Gasteiger partial charge in [0.2, 0.25) is 0 Å². The van der Waals surface area contributed by atoms with Gasteiger partial charge in [-0.3, -0.25) is 14.4 Å². The molecule has 0 aliphatic carbocycles. The Kier molecular flexibility index (Phi) is 45.4. The van der Waals surface area contributed by atoms with Gasteiger partial charge in [-0.05, 0) is 51.4 Å². The average molecular weight is 815 g/mol. The maximum absolute atomic E-state index is 12.7. The molecule has 338 valence electrons. The minimum atomic E-state index is -0.769. The number of esters is 3. The molecular formula is C52H94O6. The maximum atomic E-state index is 12.7. The highest BCUT2D eigenvalue weighted by molar-refractivity contribution is 5.71. The van der Waals surface area contributed by atoms with E-state index in [0.29, 0.717) is 19.3 Å². The Bertz CT molecular complexity index is 984. The summed E-state index contributed by atoms with van der Waals surface area (Å²) >= 11 is 0. The molecule has 0 bridgehead atoms. The van der Waals surface area contributed by atoms with Crippen molar-refractivity contribution >= 4 is 17.9 Å². The van der Waals surface area contributed by atoms with Crippen molar-refractivity contribution in [1.29, 1.82) is 0 Å².